The van der Waals surface area contributed by atoms with Gasteiger partial charge < -0.3 is 20.1 Å². The van der Waals surface area contributed by atoms with Crippen molar-refractivity contribution in [1.29, 1.82) is 0 Å². The normalized spacial score (nSPS) is 20.0. The lowest BCUT2D eigenvalue weighted by Crippen LogP contribution is -2.48. The Hall–Kier alpha value is -2.00. The molecule has 30 heavy (non-hydrogen) atoms. The van der Waals surface area contributed by atoms with Gasteiger partial charge in [0.05, 0.1) is 24.9 Å². The first-order valence-corrected chi connectivity index (χ1v) is 11.1. The van der Waals surface area contributed by atoms with Crippen molar-refractivity contribution in [1.82, 2.24) is 15.5 Å². The van der Waals surface area contributed by atoms with E-state index in [0.29, 0.717) is 12.5 Å². The standard InChI is InChI=1S/C22H31FN4O2S/c1-16-15-27(10-11-29-16)19(21-5-4-12-30-21)13-25-22(24-2)26-14-20(28-3)17-6-8-18(23)9-7-17/h4-9,12,16,19-20H,10-11,13-15H2,1-3H3,(H2,24,25,26). The SMILES string of the molecule is CN=C(NCC(OC)c1ccc(F)cc1)NCC(c1cccs1)N1CCOC(C)C1. The summed E-state index contributed by atoms with van der Waals surface area (Å²) in [6.07, 6.45) is 0.0363. The largest absolute Gasteiger partial charge is 0.376 e. The molecule has 1 saturated heterocycles. The molecule has 1 aliphatic rings. The maximum absolute atomic E-state index is 13.2. The van der Waals surface area contributed by atoms with Crippen LogP contribution < -0.4 is 10.6 Å². The average molecular weight is 435 g/mol. The van der Waals surface area contributed by atoms with Gasteiger partial charge in [-0.25, -0.2) is 4.39 Å². The highest BCUT2D eigenvalue weighted by Crippen LogP contribution is 2.26. The van der Waals surface area contributed by atoms with Gasteiger partial charge >= 0.3 is 0 Å². The van der Waals surface area contributed by atoms with Crippen molar-refractivity contribution < 1.29 is 13.9 Å². The van der Waals surface area contributed by atoms with E-state index < -0.39 is 0 Å². The molecule has 2 aromatic rings. The zero-order valence-electron chi connectivity index (χ0n) is 17.8. The minimum absolute atomic E-state index is 0.197. The Bertz CT molecular complexity index is 785. The number of guanidine groups is 1. The Morgan fingerprint density at radius 2 is 2.07 bits per heavy atom. The van der Waals surface area contributed by atoms with Gasteiger partial charge in [0.2, 0.25) is 0 Å². The molecule has 3 rings (SSSR count). The van der Waals surface area contributed by atoms with Crippen LogP contribution in [0.3, 0.4) is 0 Å². The van der Waals surface area contributed by atoms with Crippen molar-refractivity contribution in [3.63, 3.8) is 0 Å². The van der Waals surface area contributed by atoms with E-state index in [-0.39, 0.29) is 24.1 Å². The van der Waals surface area contributed by atoms with Gasteiger partial charge in [-0.1, -0.05) is 18.2 Å². The molecular formula is C22H31FN4O2S. The number of nitrogens with zero attached hydrogens (tertiary/aromatic N) is 2. The highest BCUT2D eigenvalue weighted by Gasteiger charge is 2.26. The lowest BCUT2D eigenvalue weighted by molar-refractivity contribution is -0.0334. The van der Waals surface area contributed by atoms with Crippen LogP contribution in [-0.4, -0.2) is 63.9 Å². The van der Waals surface area contributed by atoms with E-state index in [9.17, 15) is 4.39 Å². The smallest absolute Gasteiger partial charge is 0.191 e. The number of rotatable bonds is 8. The number of morpholine rings is 1. The van der Waals surface area contributed by atoms with Crippen LogP contribution in [0.25, 0.3) is 0 Å². The summed E-state index contributed by atoms with van der Waals surface area (Å²) in [5.74, 6) is 0.457. The van der Waals surface area contributed by atoms with Gasteiger partial charge in [0.25, 0.3) is 0 Å². The Morgan fingerprint density at radius 3 is 2.70 bits per heavy atom. The number of thiophene rings is 1. The molecule has 0 aliphatic carbocycles. The molecule has 6 nitrogen and oxygen atoms in total. The van der Waals surface area contributed by atoms with E-state index in [2.05, 4.69) is 45.0 Å². The van der Waals surface area contributed by atoms with Crippen molar-refractivity contribution in [3.05, 3.63) is 58.0 Å². The highest BCUT2D eigenvalue weighted by atomic mass is 32.1. The number of benzene rings is 1. The predicted octanol–water partition coefficient (Wildman–Crippen LogP) is 3.20. The van der Waals surface area contributed by atoms with Gasteiger partial charge in [0, 0.05) is 45.2 Å². The summed E-state index contributed by atoms with van der Waals surface area (Å²) < 4.78 is 24.5. The first kappa shape index (κ1) is 22.7. The topological polar surface area (TPSA) is 58.1 Å². The third kappa shape index (κ3) is 6.25. The Morgan fingerprint density at radius 1 is 1.30 bits per heavy atom. The summed E-state index contributed by atoms with van der Waals surface area (Å²) in [4.78, 5) is 8.15. The van der Waals surface area contributed by atoms with E-state index in [4.69, 9.17) is 9.47 Å². The number of methoxy groups -OCH3 is 1. The number of ether oxygens (including phenoxy) is 2. The van der Waals surface area contributed by atoms with Crippen molar-refractivity contribution in [3.8, 4) is 0 Å². The Kier molecular flexibility index (Phi) is 8.62. The Balaban J connectivity index is 1.58. The molecule has 0 saturated carbocycles. The number of halogens is 1. The molecule has 1 aliphatic heterocycles. The Labute approximate surface area is 182 Å². The molecule has 0 radical (unpaired) electrons. The van der Waals surface area contributed by atoms with E-state index in [1.165, 1.54) is 17.0 Å². The summed E-state index contributed by atoms with van der Waals surface area (Å²) in [7, 11) is 3.41. The second-order valence-corrected chi connectivity index (χ2v) is 8.30. The monoisotopic (exact) mass is 434 g/mol. The summed E-state index contributed by atoms with van der Waals surface area (Å²) in [5.41, 5.74) is 0.917. The molecule has 0 bridgehead atoms. The van der Waals surface area contributed by atoms with Crippen LogP contribution in [0.4, 0.5) is 4.39 Å². The molecule has 8 heteroatoms. The maximum Gasteiger partial charge on any atom is 0.191 e. The van der Waals surface area contributed by atoms with E-state index >= 15 is 0 Å². The van der Waals surface area contributed by atoms with Crippen molar-refractivity contribution in [2.75, 3.05) is 46.9 Å². The number of nitrogens with one attached hydrogen (secondary N) is 2. The van der Waals surface area contributed by atoms with Gasteiger partial charge in [-0.3, -0.25) is 9.89 Å². The van der Waals surface area contributed by atoms with Crippen LogP contribution in [0.1, 0.15) is 29.5 Å². The third-order valence-electron chi connectivity index (χ3n) is 5.25. The fourth-order valence-electron chi connectivity index (χ4n) is 3.64. The summed E-state index contributed by atoms with van der Waals surface area (Å²) in [6.45, 7) is 5.96. The van der Waals surface area contributed by atoms with Crippen LogP contribution in [-0.2, 0) is 9.47 Å². The van der Waals surface area contributed by atoms with Crippen LogP contribution >= 0.6 is 11.3 Å². The zero-order chi connectivity index (χ0) is 21.3. The van der Waals surface area contributed by atoms with Crippen molar-refractivity contribution in [2.45, 2.75) is 25.2 Å². The molecule has 1 fully saturated rings. The minimum Gasteiger partial charge on any atom is -0.376 e. The summed E-state index contributed by atoms with van der Waals surface area (Å²) in [5, 5.41) is 8.90. The number of hydrogen-bond donors (Lipinski definition) is 2. The second-order valence-electron chi connectivity index (χ2n) is 7.32. The number of hydrogen-bond acceptors (Lipinski definition) is 5. The zero-order valence-corrected chi connectivity index (χ0v) is 18.6. The minimum atomic E-state index is -0.254. The fourth-order valence-corrected chi connectivity index (χ4v) is 4.50. The van der Waals surface area contributed by atoms with E-state index in [1.807, 2.05) is 0 Å². The van der Waals surface area contributed by atoms with Crippen LogP contribution in [0.15, 0.2) is 46.8 Å². The molecule has 0 spiro atoms. The van der Waals surface area contributed by atoms with E-state index in [1.54, 1.807) is 37.6 Å². The van der Waals surface area contributed by atoms with Gasteiger partial charge in [-0.05, 0) is 36.1 Å². The molecule has 1 aromatic carbocycles. The second kappa shape index (κ2) is 11.4. The average Bonchev–Trinajstić information content (AvgIpc) is 3.28. The molecule has 2 heterocycles. The van der Waals surface area contributed by atoms with Crippen LogP contribution in [0.5, 0.6) is 0 Å². The molecule has 0 amide bonds. The molecule has 2 N–H and O–H groups in total. The lowest BCUT2D eigenvalue weighted by atomic mass is 10.1. The molecule has 1 aromatic heterocycles. The van der Waals surface area contributed by atoms with E-state index in [0.717, 1.165) is 31.8 Å². The van der Waals surface area contributed by atoms with Crippen molar-refractivity contribution >= 4 is 17.3 Å². The third-order valence-corrected chi connectivity index (χ3v) is 6.23. The predicted molar refractivity (Wildman–Crippen MR) is 120 cm³/mol. The highest BCUT2D eigenvalue weighted by molar-refractivity contribution is 7.10. The van der Waals surface area contributed by atoms with Gasteiger partial charge in [0.15, 0.2) is 5.96 Å². The quantitative estimate of drug-likeness (QED) is 0.494. The first-order chi connectivity index (χ1) is 14.6. The molecule has 3 atom stereocenters. The van der Waals surface area contributed by atoms with Crippen LogP contribution in [0.2, 0.25) is 0 Å². The summed E-state index contributed by atoms with van der Waals surface area (Å²) in [6, 6.07) is 10.9. The van der Waals surface area contributed by atoms with Gasteiger partial charge in [-0.15, -0.1) is 11.3 Å². The van der Waals surface area contributed by atoms with Crippen LogP contribution in [0, 0.1) is 5.82 Å². The van der Waals surface area contributed by atoms with Crippen molar-refractivity contribution in [2.24, 2.45) is 4.99 Å². The first-order valence-electron chi connectivity index (χ1n) is 10.2. The summed E-state index contributed by atoms with van der Waals surface area (Å²) >= 11 is 1.77. The fraction of sp³-hybridized carbons (Fsp3) is 0.500. The van der Waals surface area contributed by atoms with Gasteiger partial charge in [-0.2, -0.15) is 0 Å². The maximum atomic E-state index is 13.2. The number of aliphatic imine (C=N–C) groups is 1. The molecular weight excluding hydrogens is 403 g/mol. The molecule has 3 unspecified atom stereocenters. The lowest BCUT2D eigenvalue weighted by Gasteiger charge is -2.37. The van der Waals surface area contributed by atoms with Gasteiger partial charge in [0.1, 0.15) is 5.82 Å². The molecule has 164 valence electrons.